The van der Waals surface area contributed by atoms with E-state index in [1.165, 1.54) is 12.4 Å². The maximum Gasteiger partial charge on any atom is 0.195 e. The van der Waals surface area contributed by atoms with Crippen LogP contribution in [0, 0.1) is 0 Å². The summed E-state index contributed by atoms with van der Waals surface area (Å²) in [6.45, 7) is 0. The van der Waals surface area contributed by atoms with Crippen molar-refractivity contribution in [3.63, 3.8) is 0 Å². The Morgan fingerprint density at radius 3 is 1.54 bits per heavy atom. The molecule has 0 saturated carbocycles. The van der Waals surface area contributed by atoms with Crippen molar-refractivity contribution in [2.24, 2.45) is 0 Å². The smallest absolute Gasteiger partial charge is 0.195 e. The van der Waals surface area contributed by atoms with Crippen LogP contribution in [0.4, 0.5) is 0 Å². The third kappa shape index (κ3) is 3.37. The Hall–Kier alpha value is -2.11. The zero-order chi connectivity index (χ0) is 17.1. The van der Waals surface area contributed by atoms with E-state index < -0.39 is 0 Å². The zero-order valence-corrected chi connectivity index (χ0v) is 15.5. The van der Waals surface area contributed by atoms with E-state index in [2.05, 4.69) is 36.8 Å². The summed E-state index contributed by atoms with van der Waals surface area (Å²) in [5.74, 6) is -0.367. The van der Waals surface area contributed by atoms with Gasteiger partial charge in [-0.3, -0.25) is 14.6 Å². The number of hydrogen-bond acceptors (Lipinski definition) is 3. The second-order valence-corrected chi connectivity index (χ2v) is 6.79. The molecular weight excluding hydrogens is 434 g/mol. The van der Waals surface area contributed by atoms with Crippen molar-refractivity contribution >= 4 is 43.4 Å². The average Bonchev–Trinajstić information content (AvgIpc) is 2.61. The third-order valence-corrected chi connectivity index (χ3v) is 4.88. The van der Waals surface area contributed by atoms with Gasteiger partial charge < -0.3 is 0 Å². The van der Waals surface area contributed by atoms with Crippen LogP contribution < -0.4 is 0 Å². The van der Waals surface area contributed by atoms with Crippen LogP contribution in [0.5, 0.6) is 0 Å². The summed E-state index contributed by atoms with van der Waals surface area (Å²) in [4.78, 5) is 29.4. The van der Waals surface area contributed by atoms with Crippen molar-refractivity contribution in [3.05, 3.63) is 98.2 Å². The molecule has 0 bridgehead atoms. The van der Waals surface area contributed by atoms with Crippen molar-refractivity contribution in [2.45, 2.75) is 0 Å². The molecule has 0 aliphatic rings. The largest absolute Gasteiger partial charge is 0.289 e. The van der Waals surface area contributed by atoms with Gasteiger partial charge in [-0.2, -0.15) is 0 Å². The first-order valence-electron chi connectivity index (χ1n) is 7.11. The van der Waals surface area contributed by atoms with Crippen molar-refractivity contribution < 1.29 is 9.59 Å². The molecular formula is C19H11Br2NO2. The molecule has 0 amide bonds. The number of ketones is 2. The summed E-state index contributed by atoms with van der Waals surface area (Å²) in [7, 11) is 0. The first kappa shape index (κ1) is 16.7. The maximum absolute atomic E-state index is 12.7. The molecule has 1 heterocycles. The summed E-state index contributed by atoms with van der Waals surface area (Å²) < 4.78 is 1.41. The fourth-order valence-electron chi connectivity index (χ4n) is 2.29. The van der Waals surface area contributed by atoms with Crippen molar-refractivity contribution in [2.75, 3.05) is 0 Å². The van der Waals surface area contributed by atoms with Gasteiger partial charge in [-0.15, -0.1) is 0 Å². The SMILES string of the molecule is O=C(c1cncc(C(=O)c2ccccc2Br)c1)c1ccccc1Br. The lowest BCUT2D eigenvalue weighted by Gasteiger charge is -2.06. The zero-order valence-electron chi connectivity index (χ0n) is 12.4. The van der Waals surface area contributed by atoms with Gasteiger partial charge in [0.05, 0.1) is 0 Å². The number of benzene rings is 2. The number of nitrogens with zero attached hydrogens (tertiary/aromatic N) is 1. The molecule has 0 spiro atoms. The van der Waals surface area contributed by atoms with E-state index in [0.29, 0.717) is 31.2 Å². The fourth-order valence-corrected chi connectivity index (χ4v) is 3.22. The lowest BCUT2D eigenvalue weighted by atomic mass is 10.00. The number of carbonyl (C=O) groups excluding carboxylic acids is 2. The van der Waals surface area contributed by atoms with Crippen LogP contribution in [0.2, 0.25) is 0 Å². The minimum atomic E-state index is -0.184. The molecule has 3 aromatic rings. The number of pyridine rings is 1. The van der Waals surface area contributed by atoms with Crippen LogP contribution in [0.25, 0.3) is 0 Å². The second-order valence-electron chi connectivity index (χ2n) is 5.08. The molecule has 0 unspecified atom stereocenters. The molecule has 0 aliphatic carbocycles. The van der Waals surface area contributed by atoms with E-state index in [9.17, 15) is 9.59 Å². The summed E-state index contributed by atoms with van der Waals surface area (Å²) in [5.41, 5.74) is 1.81. The first-order chi connectivity index (χ1) is 11.6. The number of halogens is 2. The third-order valence-electron chi connectivity index (χ3n) is 3.50. The second kappa shape index (κ2) is 7.20. The molecule has 0 fully saturated rings. The van der Waals surface area contributed by atoms with Gasteiger partial charge in [-0.25, -0.2) is 0 Å². The normalized spacial score (nSPS) is 10.4. The lowest BCUT2D eigenvalue weighted by molar-refractivity contribution is 0.103. The van der Waals surface area contributed by atoms with Gasteiger partial charge in [0.2, 0.25) is 0 Å². The van der Waals surface area contributed by atoms with Crippen LogP contribution in [0.3, 0.4) is 0 Å². The summed E-state index contributed by atoms with van der Waals surface area (Å²) in [6.07, 6.45) is 2.94. The predicted octanol–water partition coefficient (Wildman–Crippen LogP) is 5.07. The number of aromatic nitrogens is 1. The molecule has 2 aromatic carbocycles. The number of carbonyl (C=O) groups is 2. The highest BCUT2D eigenvalue weighted by molar-refractivity contribution is 9.10. The van der Waals surface area contributed by atoms with Gasteiger partial charge in [-0.1, -0.05) is 56.1 Å². The van der Waals surface area contributed by atoms with Crippen molar-refractivity contribution in [1.82, 2.24) is 4.98 Å². The summed E-state index contributed by atoms with van der Waals surface area (Å²) >= 11 is 6.75. The molecule has 0 aliphatic heterocycles. The van der Waals surface area contributed by atoms with Gasteiger partial charge in [0, 0.05) is 43.6 Å². The van der Waals surface area contributed by atoms with E-state index in [-0.39, 0.29) is 11.6 Å². The number of hydrogen-bond donors (Lipinski definition) is 0. The highest BCUT2D eigenvalue weighted by Gasteiger charge is 2.17. The standard InChI is InChI=1S/C19H11Br2NO2/c20-16-7-3-1-5-14(16)18(23)12-9-13(11-22-10-12)19(24)15-6-2-4-8-17(15)21/h1-11H. The Bertz CT molecular complexity index is 865. The minimum absolute atomic E-state index is 0.184. The summed E-state index contributed by atoms with van der Waals surface area (Å²) in [5, 5.41) is 0. The Labute approximate surface area is 156 Å². The van der Waals surface area contributed by atoms with Gasteiger partial charge >= 0.3 is 0 Å². The molecule has 0 saturated heterocycles. The van der Waals surface area contributed by atoms with E-state index in [4.69, 9.17) is 0 Å². The van der Waals surface area contributed by atoms with Gasteiger partial charge in [0.25, 0.3) is 0 Å². The monoisotopic (exact) mass is 443 g/mol. The number of rotatable bonds is 4. The molecule has 1 aromatic heterocycles. The fraction of sp³-hybridized carbons (Fsp3) is 0. The lowest BCUT2D eigenvalue weighted by Crippen LogP contribution is -2.07. The quantitative estimate of drug-likeness (QED) is 0.528. The van der Waals surface area contributed by atoms with E-state index in [0.717, 1.165) is 0 Å². The Morgan fingerprint density at radius 2 is 1.12 bits per heavy atom. The molecule has 5 heteroatoms. The Morgan fingerprint density at radius 1 is 0.708 bits per heavy atom. The molecule has 3 rings (SSSR count). The summed E-state index contributed by atoms with van der Waals surface area (Å²) in [6, 6.07) is 15.9. The predicted molar refractivity (Wildman–Crippen MR) is 99.4 cm³/mol. The van der Waals surface area contributed by atoms with Crippen LogP contribution in [0.15, 0.2) is 75.9 Å². The molecule has 0 atom stereocenters. The molecule has 118 valence electrons. The molecule has 0 N–H and O–H groups in total. The van der Waals surface area contributed by atoms with Crippen molar-refractivity contribution in [3.8, 4) is 0 Å². The Balaban J connectivity index is 1.98. The highest BCUT2D eigenvalue weighted by atomic mass is 79.9. The van der Waals surface area contributed by atoms with Crippen LogP contribution in [-0.4, -0.2) is 16.6 Å². The van der Waals surface area contributed by atoms with E-state index in [1.54, 1.807) is 42.5 Å². The van der Waals surface area contributed by atoms with Crippen molar-refractivity contribution in [1.29, 1.82) is 0 Å². The topological polar surface area (TPSA) is 47.0 Å². The molecule has 3 nitrogen and oxygen atoms in total. The Kier molecular flexibility index (Phi) is 5.02. The average molecular weight is 445 g/mol. The molecule has 0 radical (unpaired) electrons. The highest BCUT2D eigenvalue weighted by Crippen LogP contribution is 2.22. The van der Waals surface area contributed by atoms with Gasteiger partial charge in [0.15, 0.2) is 11.6 Å². The van der Waals surface area contributed by atoms with E-state index >= 15 is 0 Å². The maximum atomic E-state index is 12.7. The van der Waals surface area contributed by atoms with E-state index in [1.807, 2.05) is 12.1 Å². The van der Waals surface area contributed by atoms with Gasteiger partial charge in [-0.05, 0) is 30.3 Å². The minimum Gasteiger partial charge on any atom is -0.289 e. The van der Waals surface area contributed by atoms with Crippen LogP contribution in [0.1, 0.15) is 31.8 Å². The van der Waals surface area contributed by atoms with Crippen LogP contribution in [-0.2, 0) is 0 Å². The molecule has 24 heavy (non-hydrogen) atoms. The van der Waals surface area contributed by atoms with Crippen LogP contribution >= 0.6 is 31.9 Å². The van der Waals surface area contributed by atoms with Gasteiger partial charge in [0.1, 0.15) is 0 Å². The first-order valence-corrected chi connectivity index (χ1v) is 8.70.